The number of hydrogen-bond donors (Lipinski definition) is 1. The highest BCUT2D eigenvalue weighted by Gasteiger charge is 2.53. The van der Waals surface area contributed by atoms with E-state index in [-0.39, 0.29) is 30.8 Å². The number of carbonyl (C=O) groups is 1. The maximum absolute atomic E-state index is 13.9. The van der Waals surface area contributed by atoms with E-state index in [4.69, 9.17) is 14.6 Å². The van der Waals surface area contributed by atoms with Gasteiger partial charge in [0, 0.05) is 21.9 Å². The molecule has 4 fully saturated rings. The first-order chi connectivity index (χ1) is 19.9. The Kier molecular flexibility index (Phi) is 5.53. The molecule has 41 heavy (non-hydrogen) atoms. The lowest BCUT2D eigenvalue weighted by Gasteiger charge is -2.54. The van der Waals surface area contributed by atoms with Crippen LogP contribution in [0.3, 0.4) is 0 Å². The number of pyridine rings is 2. The molecule has 0 saturated heterocycles. The molecule has 2 aliphatic heterocycles. The van der Waals surface area contributed by atoms with Crippen LogP contribution in [0.15, 0.2) is 40.3 Å². The van der Waals surface area contributed by atoms with E-state index in [1.54, 1.807) is 4.57 Å². The fourth-order valence-electron chi connectivity index (χ4n) is 9.09. The van der Waals surface area contributed by atoms with E-state index < -0.39 is 11.4 Å². The van der Waals surface area contributed by atoms with Crippen molar-refractivity contribution in [2.24, 2.45) is 22.9 Å². The Balaban J connectivity index is 1.24. The molecule has 4 heterocycles. The monoisotopic (exact) mass is 553 g/mol. The number of para-hydroxylation sites is 1. The molecule has 1 aromatic carbocycles. The minimum Gasteiger partial charge on any atom is -0.461 e. The molecule has 4 saturated carbocycles. The fraction of sp³-hybridized carbons (Fsp3) is 0.515. The second-order valence-corrected chi connectivity index (χ2v) is 13.2. The number of nitrogens with zero attached hydrogens (tertiary/aromatic N) is 3. The third-order valence-electron chi connectivity index (χ3n) is 10.8. The van der Waals surface area contributed by atoms with Crippen LogP contribution < -0.4 is 5.56 Å². The number of aromatic nitrogens is 2. The number of aliphatic hydroxyl groups is 1. The Morgan fingerprint density at radius 2 is 1.85 bits per heavy atom. The maximum Gasteiger partial charge on any atom is 0.307 e. The molecule has 0 amide bonds. The first kappa shape index (κ1) is 25.2. The molecule has 9 rings (SSSR count). The van der Waals surface area contributed by atoms with Gasteiger partial charge in [0.05, 0.1) is 48.3 Å². The number of cyclic esters (lactones) is 1. The second kappa shape index (κ2) is 8.99. The van der Waals surface area contributed by atoms with Gasteiger partial charge in [0.2, 0.25) is 0 Å². The standard InChI is InChI=1S/C33H35N3O5/c1-2-32(18-37)14-29(38)40-17-25-26(32)10-28-30-24(16-36(28)31(25)39)23(22-5-3-4-6-27(22)35-30)15-34-41-33-11-19-7-20(12-33)9-21(8-19)13-33/h3-6,10,15,19-21,37H,2,7-9,11-14,16-18H2,1H3/b34-15+. The van der Waals surface area contributed by atoms with Crippen molar-refractivity contribution in [1.29, 1.82) is 0 Å². The summed E-state index contributed by atoms with van der Waals surface area (Å²) in [5.41, 5.74) is 4.03. The van der Waals surface area contributed by atoms with Crippen LogP contribution in [-0.4, -0.2) is 39.0 Å². The largest absolute Gasteiger partial charge is 0.461 e. The number of fused-ring (bicyclic) bond motifs is 5. The fourth-order valence-corrected chi connectivity index (χ4v) is 9.09. The first-order valence-corrected chi connectivity index (χ1v) is 15.1. The van der Waals surface area contributed by atoms with Gasteiger partial charge in [0.25, 0.3) is 5.56 Å². The van der Waals surface area contributed by atoms with Gasteiger partial charge in [-0.2, -0.15) is 0 Å². The average molecular weight is 554 g/mol. The van der Waals surface area contributed by atoms with E-state index in [0.717, 1.165) is 64.7 Å². The highest BCUT2D eigenvalue weighted by molar-refractivity contribution is 6.02. The summed E-state index contributed by atoms with van der Waals surface area (Å²) in [7, 11) is 0. The summed E-state index contributed by atoms with van der Waals surface area (Å²) in [4.78, 5) is 37.8. The summed E-state index contributed by atoms with van der Waals surface area (Å²) < 4.78 is 7.16. The van der Waals surface area contributed by atoms with Crippen LogP contribution in [0, 0.1) is 17.8 Å². The lowest BCUT2D eigenvalue weighted by atomic mass is 9.54. The SMILES string of the molecule is CCC1(CO)CC(=O)OCc2c1cc1n(c2=O)Cc2c-1nc1ccccc1c2/C=N/OC12CC3CC(CC(C3)C1)C2. The van der Waals surface area contributed by atoms with Crippen LogP contribution >= 0.6 is 0 Å². The van der Waals surface area contributed by atoms with Crippen molar-refractivity contribution in [3.05, 3.63) is 62.9 Å². The van der Waals surface area contributed by atoms with Crippen LogP contribution in [0.25, 0.3) is 22.3 Å². The van der Waals surface area contributed by atoms with Gasteiger partial charge < -0.3 is 19.2 Å². The first-order valence-electron chi connectivity index (χ1n) is 15.1. The smallest absolute Gasteiger partial charge is 0.307 e. The molecule has 4 aliphatic carbocycles. The van der Waals surface area contributed by atoms with E-state index in [0.29, 0.717) is 29.8 Å². The molecule has 4 bridgehead atoms. The summed E-state index contributed by atoms with van der Waals surface area (Å²) >= 11 is 0. The van der Waals surface area contributed by atoms with Gasteiger partial charge in [-0.3, -0.25) is 9.59 Å². The molecule has 6 aliphatic rings. The quantitative estimate of drug-likeness (QED) is 0.216. The van der Waals surface area contributed by atoms with Gasteiger partial charge in [0.1, 0.15) is 12.2 Å². The van der Waals surface area contributed by atoms with E-state index in [9.17, 15) is 14.7 Å². The Hall–Kier alpha value is -3.52. The van der Waals surface area contributed by atoms with Gasteiger partial charge in [-0.15, -0.1) is 0 Å². The zero-order valence-corrected chi connectivity index (χ0v) is 23.4. The lowest BCUT2D eigenvalue weighted by molar-refractivity contribution is -0.161. The molecular formula is C33H35N3O5. The molecule has 1 atom stereocenters. The summed E-state index contributed by atoms with van der Waals surface area (Å²) in [6, 6.07) is 9.94. The van der Waals surface area contributed by atoms with Gasteiger partial charge >= 0.3 is 5.97 Å². The summed E-state index contributed by atoms with van der Waals surface area (Å²) in [5.74, 6) is 1.91. The molecule has 8 heteroatoms. The molecule has 8 nitrogen and oxygen atoms in total. The topological polar surface area (TPSA) is 103 Å². The van der Waals surface area contributed by atoms with Gasteiger partial charge in [-0.05, 0) is 80.4 Å². The molecule has 3 aromatic rings. The number of aliphatic hydroxyl groups excluding tert-OH is 1. The molecule has 2 aromatic heterocycles. The normalized spacial score (nSPS) is 31.2. The minimum atomic E-state index is -0.868. The summed E-state index contributed by atoms with van der Waals surface area (Å²) in [5, 5.41) is 16.1. The number of carbonyl (C=O) groups excluding carboxylic acids is 1. The van der Waals surface area contributed by atoms with Crippen molar-refractivity contribution in [1.82, 2.24) is 9.55 Å². The van der Waals surface area contributed by atoms with Crippen LogP contribution in [0.5, 0.6) is 0 Å². The van der Waals surface area contributed by atoms with Crippen molar-refractivity contribution >= 4 is 23.1 Å². The van der Waals surface area contributed by atoms with Gasteiger partial charge in [-0.1, -0.05) is 30.3 Å². The Morgan fingerprint density at radius 1 is 1.12 bits per heavy atom. The predicted molar refractivity (Wildman–Crippen MR) is 154 cm³/mol. The Labute approximate surface area is 238 Å². The van der Waals surface area contributed by atoms with Crippen molar-refractivity contribution in [2.75, 3.05) is 6.61 Å². The molecular weight excluding hydrogens is 518 g/mol. The van der Waals surface area contributed by atoms with Gasteiger partial charge in [0.15, 0.2) is 0 Å². The number of hydrogen-bond acceptors (Lipinski definition) is 7. The number of benzene rings is 1. The molecule has 0 radical (unpaired) electrons. The highest BCUT2D eigenvalue weighted by Crippen LogP contribution is 2.57. The van der Waals surface area contributed by atoms with Gasteiger partial charge in [-0.25, -0.2) is 4.98 Å². The van der Waals surface area contributed by atoms with E-state index in [1.165, 1.54) is 19.3 Å². The van der Waals surface area contributed by atoms with Crippen LogP contribution in [0.4, 0.5) is 0 Å². The number of oxime groups is 1. The molecule has 1 N–H and O–H groups in total. The zero-order chi connectivity index (χ0) is 27.9. The Morgan fingerprint density at radius 3 is 2.56 bits per heavy atom. The summed E-state index contributed by atoms with van der Waals surface area (Å²) in [6.45, 7) is 1.95. The highest BCUT2D eigenvalue weighted by atomic mass is 16.6. The predicted octanol–water partition coefficient (Wildman–Crippen LogP) is 4.83. The van der Waals surface area contributed by atoms with Crippen molar-refractivity contribution in [3.8, 4) is 11.4 Å². The van der Waals surface area contributed by atoms with Crippen molar-refractivity contribution in [2.45, 2.75) is 82.5 Å². The zero-order valence-electron chi connectivity index (χ0n) is 23.4. The molecule has 0 spiro atoms. The second-order valence-electron chi connectivity index (χ2n) is 13.2. The van der Waals surface area contributed by atoms with E-state index in [2.05, 4.69) is 5.16 Å². The lowest BCUT2D eigenvalue weighted by Crippen LogP contribution is -2.51. The van der Waals surface area contributed by atoms with Crippen molar-refractivity contribution < 1.29 is 19.5 Å². The minimum absolute atomic E-state index is 0.0352. The van der Waals surface area contributed by atoms with Crippen LogP contribution in [0.1, 0.15) is 80.5 Å². The van der Waals surface area contributed by atoms with Crippen molar-refractivity contribution in [3.63, 3.8) is 0 Å². The van der Waals surface area contributed by atoms with E-state index in [1.807, 2.05) is 43.5 Å². The number of rotatable bonds is 5. The number of esters is 1. The third-order valence-corrected chi connectivity index (χ3v) is 10.8. The molecule has 212 valence electrons. The third kappa shape index (κ3) is 3.75. The van der Waals surface area contributed by atoms with Crippen LogP contribution in [-0.2, 0) is 32.9 Å². The summed E-state index contributed by atoms with van der Waals surface area (Å²) in [6.07, 6.45) is 9.74. The maximum atomic E-state index is 13.9. The van der Waals surface area contributed by atoms with Crippen LogP contribution in [0.2, 0.25) is 0 Å². The number of ether oxygens (including phenoxy) is 1. The van der Waals surface area contributed by atoms with E-state index >= 15 is 0 Å². The Bertz CT molecular complexity index is 1650. The molecule has 1 unspecified atom stereocenters. The average Bonchev–Trinajstić information content (AvgIpc) is 3.25.